The van der Waals surface area contributed by atoms with E-state index in [0.29, 0.717) is 5.92 Å². The summed E-state index contributed by atoms with van der Waals surface area (Å²) in [5.41, 5.74) is 2.32. The molecule has 0 aromatic heterocycles. The van der Waals surface area contributed by atoms with Gasteiger partial charge in [0.1, 0.15) is 5.75 Å². The standard InChI is InChI=1S/C26H30F3NO/c1-31-25-9-6-20(18-4-7-22(8-5-18)26(27,28)29)16-23(25)19-10-12-30(13-11-19)24-15-17-2-3-21(24)14-17/h4-9,16-17,19,21,24H,2-3,10-15H2,1H3/t17?,21?,24-/m1/s1. The van der Waals surface area contributed by atoms with Gasteiger partial charge in [-0.2, -0.15) is 13.2 Å². The molecule has 166 valence electrons. The zero-order valence-corrected chi connectivity index (χ0v) is 18.0. The van der Waals surface area contributed by atoms with Crippen molar-refractivity contribution in [3.8, 4) is 16.9 Å². The molecule has 2 nitrogen and oxygen atoms in total. The Balaban J connectivity index is 1.32. The van der Waals surface area contributed by atoms with Crippen LogP contribution in [0.1, 0.15) is 55.6 Å². The number of likely N-dealkylation sites (tertiary alicyclic amines) is 1. The van der Waals surface area contributed by atoms with Crippen LogP contribution in [-0.4, -0.2) is 31.1 Å². The maximum Gasteiger partial charge on any atom is 0.416 e. The number of ether oxygens (including phenoxy) is 1. The van der Waals surface area contributed by atoms with Gasteiger partial charge in [-0.1, -0.05) is 24.6 Å². The molecule has 3 aliphatic rings. The highest BCUT2D eigenvalue weighted by atomic mass is 19.4. The summed E-state index contributed by atoms with van der Waals surface area (Å²) in [5.74, 6) is 3.19. The van der Waals surface area contributed by atoms with E-state index < -0.39 is 11.7 Å². The normalized spacial score (nSPS) is 27.0. The van der Waals surface area contributed by atoms with Gasteiger partial charge in [0.15, 0.2) is 0 Å². The van der Waals surface area contributed by atoms with Crippen LogP contribution in [0, 0.1) is 11.8 Å². The average molecular weight is 430 g/mol. The van der Waals surface area contributed by atoms with Gasteiger partial charge >= 0.3 is 6.18 Å². The minimum atomic E-state index is -4.31. The summed E-state index contributed by atoms with van der Waals surface area (Å²) < 4.78 is 44.4. The number of halogens is 3. The highest BCUT2D eigenvalue weighted by Crippen LogP contribution is 2.48. The van der Waals surface area contributed by atoms with Gasteiger partial charge < -0.3 is 9.64 Å². The van der Waals surface area contributed by atoms with E-state index in [-0.39, 0.29) is 0 Å². The molecule has 3 atom stereocenters. The number of rotatable bonds is 4. The van der Waals surface area contributed by atoms with E-state index in [0.717, 1.165) is 72.8 Å². The Bertz CT molecular complexity index is 915. The van der Waals surface area contributed by atoms with Crippen molar-refractivity contribution in [3.63, 3.8) is 0 Å². The van der Waals surface area contributed by atoms with Crippen molar-refractivity contribution in [1.82, 2.24) is 4.90 Å². The lowest BCUT2D eigenvalue weighted by molar-refractivity contribution is -0.137. The van der Waals surface area contributed by atoms with Gasteiger partial charge in [-0.3, -0.25) is 0 Å². The molecule has 2 aliphatic carbocycles. The van der Waals surface area contributed by atoms with Crippen molar-refractivity contribution in [2.75, 3.05) is 20.2 Å². The van der Waals surface area contributed by atoms with Gasteiger partial charge in [-0.15, -0.1) is 0 Å². The fourth-order valence-electron chi connectivity index (χ4n) is 6.29. The van der Waals surface area contributed by atoms with Gasteiger partial charge in [-0.05, 0) is 104 Å². The third-order valence-electron chi connectivity index (χ3n) is 7.91. The van der Waals surface area contributed by atoms with Crippen molar-refractivity contribution in [2.24, 2.45) is 11.8 Å². The first-order valence-corrected chi connectivity index (χ1v) is 11.5. The number of piperidine rings is 1. The average Bonchev–Trinajstić information content (AvgIpc) is 3.42. The Labute approximate surface area is 182 Å². The third kappa shape index (κ3) is 4.09. The molecule has 1 aliphatic heterocycles. The molecular weight excluding hydrogens is 399 g/mol. The molecule has 2 aromatic carbocycles. The Morgan fingerprint density at radius 1 is 0.871 bits per heavy atom. The maximum atomic E-state index is 12.9. The van der Waals surface area contributed by atoms with Crippen LogP contribution in [0.3, 0.4) is 0 Å². The molecule has 0 N–H and O–H groups in total. The summed E-state index contributed by atoms with van der Waals surface area (Å²) in [7, 11) is 1.70. The van der Waals surface area contributed by atoms with Crippen LogP contribution in [0.2, 0.25) is 0 Å². The fourth-order valence-corrected chi connectivity index (χ4v) is 6.29. The number of methoxy groups -OCH3 is 1. The van der Waals surface area contributed by atoms with Crippen molar-refractivity contribution in [2.45, 2.75) is 56.7 Å². The minimum absolute atomic E-state index is 0.430. The third-order valence-corrected chi connectivity index (χ3v) is 7.91. The zero-order chi connectivity index (χ0) is 21.6. The second-order valence-electron chi connectivity index (χ2n) is 9.58. The minimum Gasteiger partial charge on any atom is -0.496 e. The van der Waals surface area contributed by atoms with Crippen LogP contribution in [-0.2, 0) is 6.18 Å². The zero-order valence-electron chi connectivity index (χ0n) is 18.0. The van der Waals surface area contributed by atoms with Crippen LogP contribution < -0.4 is 4.74 Å². The van der Waals surface area contributed by atoms with Crippen LogP contribution in [0.5, 0.6) is 5.75 Å². The smallest absolute Gasteiger partial charge is 0.416 e. The van der Waals surface area contributed by atoms with Gasteiger partial charge in [-0.25, -0.2) is 0 Å². The number of hydrogen-bond acceptors (Lipinski definition) is 2. The maximum absolute atomic E-state index is 12.9. The van der Waals surface area contributed by atoms with Crippen LogP contribution in [0.25, 0.3) is 11.1 Å². The fraction of sp³-hybridized carbons (Fsp3) is 0.538. The molecular formula is C26H30F3NO. The van der Waals surface area contributed by atoms with E-state index in [2.05, 4.69) is 11.0 Å². The molecule has 2 bridgehead atoms. The van der Waals surface area contributed by atoms with Crippen LogP contribution >= 0.6 is 0 Å². The molecule has 1 saturated heterocycles. The lowest BCUT2D eigenvalue weighted by Crippen LogP contribution is -2.43. The SMILES string of the molecule is COc1ccc(-c2ccc(C(F)(F)F)cc2)cc1C1CCN([C@@H]2CC3CCC2C3)CC1. The lowest BCUT2D eigenvalue weighted by atomic mass is 9.85. The van der Waals surface area contributed by atoms with Gasteiger partial charge in [0.2, 0.25) is 0 Å². The van der Waals surface area contributed by atoms with Crippen molar-refractivity contribution >= 4 is 0 Å². The molecule has 2 aromatic rings. The van der Waals surface area contributed by atoms with Crippen molar-refractivity contribution in [3.05, 3.63) is 53.6 Å². The first kappa shape index (κ1) is 20.9. The Kier molecular flexibility index (Phi) is 5.49. The van der Waals surface area contributed by atoms with E-state index >= 15 is 0 Å². The topological polar surface area (TPSA) is 12.5 Å². The second kappa shape index (κ2) is 8.16. The number of alkyl halides is 3. The summed E-state index contributed by atoms with van der Waals surface area (Å²) in [6.07, 6.45) is 3.59. The van der Waals surface area contributed by atoms with Gasteiger partial charge in [0.05, 0.1) is 12.7 Å². The monoisotopic (exact) mass is 429 g/mol. The summed E-state index contributed by atoms with van der Waals surface area (Å²) in [5, 5.41) is 0. The second-order valence-corrected chi connectivity index (χ2v) is 9.58. The van der Waals surface area contributed by atoms with Crippen molar-refractivity contribution < 1.29 is 17.9 Å². The molecule has 0 amide bonds. The quantitative estimate of drug-likeness (QED) is 0.533. The highest BCUT2D eigenvalue weighted by Gasteiger charge is 2.43. The highest BCUT2D eigenvalue weighted by molar-refractivity contribution is 5.66. The van der Waals surface area contributed by atoms with Crippen molar-refractivity contribution in [1.29, 1.82) is 0 Å². The summed E-state index contributed by atoms with van der Waals surface area (Å²) >= 11 is 0. The first-order valence-electron chi connectivity index (χ1n) is 11.5. The molecule has 0 radical (unpaired) electrons. The number of fused-ring (bicyclic) bond motifs is 2. The molecule has 2 unspecified atom stereocenters. The molecule has 5 heteroatoms. The van der Waals surface area contributed by atoms with E-state index in [1.807, 2.05) is 12.1 Å². The van der Waals surface area contributed by atoms with Crippen LogP contribution in [0.15, 0.2) is 42.5 Å². The number of hydrogen-bond donors (Lipinski definition) is 0. The van der Waals surface area contributed by atoms with E-state index in [9.17, 15) is 13.2 Å². The molecule has 5 rings (SSSR count). The summed E-state index contributed by atoms with van der Waals surface area (Å²) in [6.45, 7) is 2.26. The van der Waals surface area contributed by atoms with Crippen LogP contribution in [0.4, 0.5) is 13.2 Å². The van der Waals surface area contributed by atoms with E-state index in [1.54, 1.807) is 19.2 Å². The molecule has 0 spiro atoms. The summed E-state index contributed by atoms with van der Waals surface area (Å²) in [6, 6.07) is 12.3. The van der Waals surface area contributed by atoms with E-state index in [1.165, 1.54) is 31.2 Å². The van der Waals surface area contributed by atoms with E-state index in [4.69, 9.17) is 4.74 Å². The lowest BCUT2D eigenvalue weighted by Gasteiger charge is -2.40. The summed E-state index contributed by atoms with van der Waals surface area (Å²) in [4.78, 5) is 2.73. The molecule has 1 heterocycles. The first-order chi connectivity index (χ1) is 14.9. The largest absolute Gasteiger partial charge is 0.496 e. The predicted molar refractivity (Wildman–Crippen MR) is 116 cm³/mol. The predicted octanol–water partition coefficient (Wildman–Crippen LogP) is 6.75. The van der Waals surface area contributed by atoms with Gasteiger partial charge in [0, 0.05) is 6.04 Å². The molecule has 3 fully saturated rings. The number of benzene rings is 2. The Morgan fingerprint density at radius 2 is 1.58 bits per heavy atom. The Morgan fingerprint density at radius 3 is 2.16 bits per heavy atom. The Hall–Kier alpha value is -2.01. The number of nitrogens with zero attached hydrogens (tertiary/aromatic N) is 1. The van der Waals surface area contributed by atoms with Gasteiger partial charge in [0.25, 0.3) is 0 Å². The molecule has 2 saturated carbocycles. The molecule has 31 heavy (non-hydrogen) atoms.